The van der Waals surface area contributed by atoms with Gasteiger partial charge < -0.3 is 4.90 Å². The second-order valence-electron chi connectivity index (χ2n) is 6.26. The lowest BCUT2D eigenvalue weighted by molar-refractivity contribution is -0.126. The maximum absolute atomic E-state index is 12.0. The van der Waals surface area contributed by atoms with Crippen LogP contribution in [0.25, 0.3) is 0 Å². The van der Waals surface area contributed by atoms with Crippen LogP contribution in [0.3, 0.4) is 0 Å². The Morgan fingerprint density at radius 3 is 2.59 bits per heavy atom. The number of rotatable bonds is 6. The maximum Gasteiger partial charge on any atom is 0.137 e. The molecule has 2 fully saturated rings. The molecule has 98 valence electrons. The SMILES string of the molecule is CCCC1CCC(=O)C(CN(C)CC2CC2)C1. The van der Waals surface area contributed by atoms with E-state index in [4.69, 9.17) is 0 Å². The third-order valence-corrected chi connectivity index (χ3v) is 4.37. The van der Waals surface area contributed by atoms with Gasteiger partial charge in [-0.25, -0.2) is 0 Å². The number of carbonyl (C=O) groups excluding carboxylic acids is 1. The molecule has 2 aliphatic carbocycles. The van der Waals surface area contributed by atoms with Gasteiger partial charge in [-0.2, -0.15) is 0 Å². The lowest BCUT2D eigenvalue weighted by Crippen LogP contribution is -2.35. The molecule has 0 aromatic rings. The molecule has 2 heteroatoms. The molecular formula is C15H27NO. The highest BCUT2D eigenvalue weighted by molar-refractivity contribution is 5.81. The second-order valence-corrected chi connectivity index (χ2v) is 6.26. The Labute approximate surface area is 106 Å². The largest absolute Gasteiger partial charge is 0.305 e. The summed E-state index contributed by atoms with van der Waals surface area (Å²) in [5.74, 6) is 2.62. The van der Waals surface area contributed by atoms with Gasteiger partial charge in [-0.1, -0.05) is 19.8 Å². The number of hydrogen-bond donors (Lipinski definition) is 0. The summed E-state index contributed by atoms with van der Waals surface area (Å²) >= 11 is 0. The predicted molar refractivity (Wildman–Crippen MR) is 71.0 cm³/mol. The Kier molecular flexibility index (Phi) is 4.61. The first-order valence-corrected chi connectivity index (χ1v) is 7.40. The van der Waals surface area contributed by atoms with E-state index in [9.17, 15) is 4.79 Å². The molecule has 2 saturated carbocycles. The molecule has 0 amide bonds. The van der Waals surface area contributed by atoms with E-state index in [0.29, 0.717) is 11.7 Å². The summed E-state index contributed by atoms with van der Waals surface area (Å²) in [6, 6.07) is 0. The van der Waals surface area contributed by atoms with Crippen LogP contribution < -0.4 is 0 Å². The van der Waals surface area contributed by atoms with Gasteiger partial charge in [0.25, 0.3) is 0 Å². The summed E-state index contributed by atoms with van der Waals surface area (Å²) < 4.78 is 0. The van der Waals surface area contributed by atoms with E-state index < -0.39 is 0 Å². The maximum atomic E-state index is 12.0. The third-order valence-electron chi connectivity index (χ3n) is 4.37. The summed E-state index contributed by atoms with van der Waals surface area (Å²) in [7, 11) is 2.19. The van der Waals surface area contributed by atoms with E-state index in [-0.39, 0.29) is 0 Å². The molecule has 0 radical (unpaired) electrons. The Hall–Kier alpha value is -0.370. The highest BCUT2D eigenvalue weighted by Crippen LogP contribution is 2.32. The number of nitrogens with zero attached hydrogens (tertiary/aromatic N) is 1. The lowest BCUT2D eigenvalue weighted by Gasteiger charge is -2.30. The van der Waals surface area contributed by atoms with Crippen molar-refractivity contribution >= 4 is 5.78 Å². The van der Waals surface area contributed by atoms with E-state index >= 15 is 0 Å². The molecule has 0 bridgehead atoms. The molecule has 0 aromatic heterocycles. The number of ketones is 1. The van der Waals surface area contributed by atoms with Crippen molar-refractivity contribution in [3.8, 4) is 0 Å². The number of Topliss-reactive ketones (excluding diaryl/α,β-unsaturated/α-hetero) is 1. The van der Waals surface area contributed by atoms with Crippen molar-refractivity contribution in [2.75, 3.05) is 20.1 Å². The van der Waals surface area contributed by atoms with Crippen molar-refractivity contribution < 1.29 is 4.79 Å². The molecule has 2 aliphatic rings. The van der Waals surface area contributed by atoms with Gasteiger partial charge in [0.05, 0.1) is 0 Å². The number of carbonyl (C=O) groups is 1. The molecule has 2 atom stereocenters. The van der Waals surface area contributed by atoms with Crippen molar-refractivity contribution in [1.82, 2.24) is 4.90 Å². The smallest absolute Gasteiger partial charge is 0.137 e. The standard InChI is InChI=1S/C15H27NO/c1-3-4-12-7-8-15(17)14(9-12)11-16(2)10-13-5-6-13/h12-14H,3-11H2,1-2H3. The molecule has 0 heterocycles. The van der Waals surface area contributed by atoms with E-state index in [2.05, 4.69) is 18.9 Å². The topological polar surface area (TPSA) is 20.3 Å². The van der Waals surface area contributed by atoms with Crippen LogP contribution in [-0.4, -0.2) is 30.8 Å². The molecule has 0 aromatic carbocycles. The van der Waals surface area contributed by atoms with Crippen LogP contribution in [0.4, 0.5) is 0 Å². The van der Waals surface area contributed by atoms with Gasteiger partial charge in [0, 0.05) is 25.4 Å². The molecule has 0 spiro atoms. The van der Waals surface area contributed by atoms with Crippen LogP contribution in [0.15, 0.2) is 0 Å². The zero-order valence-electron chi connectivity index (χ0n) is 11.5. The van der Waals surface area contributed by atoms with E-state index in [0.717, 1.165) is 37.6 Å². The molecule has 2 unspecified atom stereocenters. The second kappa shape index (κ2) is 5.99. The van der Waals surface area contributed by atoms with Crippen molar-refractivity contribution in [2.24, 2.45) is 17.8 Å². The summed E-state index contributed by atoms with van der Waals surface area (Å²) in [4.78, 5) is 14.4. The van der Waals surface area contributed by atoms with E-state index in [1.54, 1.807) is 0 Å². The Balaban J connectivity index is 1.77. The normalized spacial score (nSPS) is 29.9. The molecule has 0 saturated heterocycles. The van der Waals surface area contributed by atoms with Crippen LogP contribution in [0.2, 0.25) is 0 Å². The quantitative estimate of drug-likeness (QED) is 0.707. The zero-order valence-corrected chi connectivity index (χ0v) is 11.5. The van der Waals surface area contributed by atoms with Gasteiger partial charge >= 0.3 is 0 Å². The molecule has 0 aliphatic heterocycles. The fourth-order valence-corrected chi connectivity index (χ4v) is 3.24. The van der Waals surface area contributed by atoms with E-state index in [1.807, 2.05) is 0 Å². The van der Waals surface area contributed by atoms with Gasteiger partial charge in [0.2, 0.25) is 0 Å². The van der Waals surface area contributed by atoms with Gasteiger partial charge in [-0.05, 0) is 44.6 Å². The Morgan fingerprint density at radius 2 is 1.94 bits per heavy atom. The molecule has 0 N–H and O–H groups in total. The zero-order chi connectivity index (χ0) is 12.3. The number of hydrogen-bond acceptors (Lipinski definition) is 2. The lowest BCUT2D eigenvalue weighted by atomic mass is 9.78. The monoisotopic (exact) mass is 237 g/mol. The van der Waals surface area contributed by atoms with Crippen molar-refractivity contribution in [3.05, 3.63) is 0 Å². The van der Waals surface area contributed by atoms with Gasteiger partial charge in [-0.3, -0.25) is 4.79 Å². The highest BCUT2D eigenvalue weighted by Gasteiger charge is 2.30. The van der Waals surface area contributed by atoms with Crippen molar-refractivity contribution in [3.63, 3.8) is 0 Å². The summed E-state index contributed by atoms with van der Waals surface area (Å²) in [5.41, 5.74) is 0. The average Bonchev–Trinajstić information content (AvgIpc) is 3.07. The first-order chi connectivity index (χ1) is 8.19. The average molecular weight is 237 g/mol. The minimum Gasteiger partial charge on any atom is -0.305 e. The van der Waals surface area contributed by atoms with Crippen LogP contribution in [0.1, 0.15) is 51.9 Å². The summed E-state index contributed by atoms with van der Waals surface area (Å²) in [6.45, 7) is 4.47. The van der Waals surface area contributed by atoms with Crippen LogP contribution >= 0.6 is 0 Å². The molecule has 2 nitrogen and oxygen atoms in total. The predicted octanol–water partition coefficient (Wildman–Crippen LogP) is 3.11. The Bertz CT molecular complexity index is 260. The molecule has 2 rings (SSSR count). The first-order valence-electron chi connectivity index (χ1n) is 7.40. The Morgan fingerprint density at radius 1 is 1.18 bits per heavy atom. The van der Waals surface area contributed by atoms with Crippen LogP contribution in [0, 0.1) is 17.8 Å². The van der Waals surface area contributed by atoms with Crippen LogP contribution in [0.5, 0.6) is 0 Å². The molecule has 17 heavy (non-hydrogen) atoms. The highest BCUT2D eigenvalue weighted by atomic mass is 16.1. The van der Waals surface area contributed by atoms with Crippen molar-refractivity contribution in [2.45, 2.75) is 51.9 Å². The minimum atomic E-state index is 0.337. The first kappa shape index (κ1) is 13.1. The summed E-state index contributed by atoms with van der Waals surface area (Å²) in [6.07, 6.45) is 8.53. The molecular weight excluding hydrogens is 210 g/mol. The van der Waals surface area contributed by atoms with E-state index in [1.165, 1.54) is 32.2 Å². The van der Waals surface area contributed by atoms with Gasteiger partial charge in [0.1, 0.15) is 5.78 Å². The third kappa shape index (κ3) is 4.09. The fourth-order valence-electron chi connectivity index (χ4n) is 3.24. The van der Waals surface area contributed by atoms with Crippen LogP contribution in [-0.2, 0) is 4.79 Å². The summed E-state index contributed by atoms with van der Waals surface area (Å²) in [5, 5.41) is 0. The van der Waals surface area contributed by atoms with Crippen molar-refractivity contribution in [1.29, 1.82) is 0 Å². The van der Waals surface area contributed by atoms with Gasteiger partial charge in [0.15, 0.2) is 0 Å². The fraction of sp³-hybridized carbons (Fsp3) is 0.933. The minimum absolute atomic E-state index is 0.337. The van der Waals surface area contributed by atoms with Gasteiger partial charge in [-0.15, -0.1) is 0 Å².